The summed E-state index contributed by atoms with van der Waals surface area (Å²) in [4.78, 5) is 16.9. The van der Waals surface area contributed by atoms with Gasteiger partial charge in [-0.3, -0.25) is 9.69 Å². The first-order valence-corrected chi connectivity index (χ1v) is 9.38. The maximum Gasteiger partial charge on any atom is 0.227 e. The topological polar surface area (TPSA) is 23.6 Å². The summed E-state index contributed by atoms with van der Waals surface area (Å²) in [6, 6.07) is 5.53. The Hall–Kier alpha value is -0.840. The van der Waals surface area contributed by atoms with Crippen LogP contribution in [-0.2, 0) is 11.2 Å². The van der Waals surface area contributed by atoms with E-state index in [1.54, 1.807) is 12.1 Å². The van der Waals surface area contributed by atoms with Gasteiger partial charge in [0.05, 0.1) is 16.5 Å². The molecule has 1 amide bonds. The maximum atomic E-state index is 13.4. The van der Waals surface area contributed by atoms with E-state index in [9.17, 15) is 9.18 Å². The lowest BCUT2D eigenvalue weighted by Crippen LogP contribution is -2.49. The van der Waals surface area contributed by atoms with Gasteiger partial charge in [-0.25, -0.2) is 4.39 Å². The van der Waals surface area contributed by atoms with Crippen LogP contribution in [0, 0.1) is 0 Å². The molecule has 2 aliphatic heterocycles. The van der Waals surface area contributed by atoms with Gasteiger partial charge in [0.25, 0.3) is 0 Å². The van der Waals surface area contributed by atoms with Crippen LogP contribution in [0.15, 0.2) is 18.2 Å². The number of rotatable bonds is 4. The molecule has 2 aliphatic rings. The van der Waals surface area contributed by atoms with Crippen molar-refractivity contribution >= 4 is 29.1 Å². The fourth-order valence-corrected chi connectivity index (χ4v) is 4.01. The Labute approximate surface area is 152 Å². The third-order valence-electron chi connectivity index (χ3n) is 4.97. The summed E-state index contributed by atoms with van der Waals surface area (Å²) in [5, 5.41) is 0.974. The summed E-state index contributed by atoms with van der Waals surface area (Å²) < 4.78 is 13.4. The SMILES string of the molecule is O=C(Cc1ccc(Cl)c(Cl)c1)N1CCCCC1CN1CCC(F)C1. The average Bonchev–Trinajstić information content (AvgIpc) is 2.96. The number of amides is 1. The number of carbonyl (C=O) groups is 1. The number of likely N-dealkylation sites (tertiary alicyclic amines) is 2. The lowest BCUT2D eigenvalue weighted by molar-refractivity contribution is -0.134. The predicted octanol–water partition coefficient (Wildman–Crippen LogP) is 3.96. The van der Waals surface area contributed by atoms with Gasteiger partial charge in [0.1, 0.15) is 6.17 Å². The van der Waals surface area contributed by atoms with Crippen molar-refractivity contribution in [1.82, 2.24) is 9.80 Å². The zero-order chi connectivity index (χ0) is 17.1. The van der Waals surface area contributed by atoms with Crippen LogP contribution >= 0.6 is 23.2 Å². The number of carbonyl (C=O) groups excluding carboxylic acids is 1. The van der Waals surface area contributed by atoms with E-state index < -0.39 is 6.17 Å². The summed E-state index contributed by atoms with van der Waals surface area (Å²) in [6.07, 6.45) is 3.40. The monoisotopic (exact) mass is 372 g/mol. The van der Waals surface area contributed by atoms with Crippen LogP contribution in [-0.4, -0.2) is 54.1 Å². The molecule has 2 atom stereocenters. The van der Waals surface area contributed by atoms with Gasteiger partial charge >= 0.3 is 0 Å². The van der Waals surface area contributed by atoms with Crippen molar-refractivity contribution in [1.29, 1.82) is 0 Å². The number of nitrogens with zero attached hydrogens (tertiary/aromatic N) is 2. The normalized spacial score (nSPS) is 25.2. The van der Waals surface area contributed by atoms with E-state index in [0.717, 1.165) is 44.5 Å². The molecule has 1 aromatic rings. The van der Waals surface area contributed by atoms with Crippen LogP contribution in [0.1, 0.15) is 31.2 Å². The van der Waals surface area contributed by atoms with Gasteiger partial charge in [-0.05, 0) is 43.4 Å². The lowest BCUT2D eigenvalue weighted by Gasteiger charge is -2.38. The van der Waals surface area contributed by atoms with Crippen molar-refractivity contribution in [2.75, 3.05) is 26.2 Å². The molecule has 0 N–H and O–H groups in total. The zero-order valence-electron chi connectivity index (χ0n) is 13.7. The molecule has 0 aromatic heterocycles. The summed E-state index contributed by atoms with van der Waals surface area (Å²) in [5.74, 6) is 0.120. The molecular weight excluding hydrogens is 350 g/mol. The van der Waals surface area contributed by atoms with E-state index in [1.807, 2.05) is 11.0 Å². The van der Waals surface area contributed by atoms with Crippen molar-refractivity contribution in [3.8, 4) is 0 Å². The number of alkyl halides is 1. The minimum Gasteiger partial charge on any atom is -0.338 e. The lowest BCUT2D eigenvalue weighted by atomic mass is 10.00. The van der Waals surface area contributed by atoms with Gasteiger partial charge in [0, 0.05) is 32.2 Å². The molecule has 3 rings (SSSR count). The van der Waals surface area contributed by atoms with Gasteiger partial charge in [-0.15, -0.1) is 0 Å². The van der Waals surface area contributed by atoms with Crippen LogP contribution < -0.4 is 0 Å². The Morgan fingerprint density at radius 1 is 1.17 bits per heavy atom. The molecule has 0 aliphatic carbocycles. The van der Waals surface area contributed by atoms with Crippen molar-refractivity contribution < 1.29 is 9.18 Å². The molecule has 132 valence electrons. The molecule has 6 heteroatoms. The highest BCUT2D eigenvalue weighted by Crippen LogP contribution is 2.25. The second kappa shape index (κ2) is 8.03. The number of piperidine rings is 1. The van der Waals surface area contributed by atoms with Gasteiger partial charge in [0.15, 0.2) is 0 Å². The van der Waals surface area contributed by atoms with Gasteiger partial charge in [0.2, 0.25) is 5.91 Å². The van der Waals surface area contributed by atoms with E-state index in [0.29, 0.717) is 29.4 Å². The molecule has 0 radical (unpaired) electrons. The Kier molecular flexibility index (Phi) is 6.01. The van der Waals surface area contributed by atoms with E-state index in [4.69, 9.17) is 23.2 Å². The largest absolute Gasteiger partial charge is 0.338 e. The van der Waals surface area contributed by atoms with Gasteiger partial charge in [-0.2, -0.15) is 0 Å². The van der Waals surface area contributed by atoms with E-state index in [2.05, 4.69) is 4.90 Å². The summed E-state index contributed by atoms with van der Waals surface area (Å²) in [7, 11) is 0. The molecule has 1 aromatic carbocycles. The molecule has 2 fully saturated rings. The predicted molar refractivity (Wildman–Crippen MR) is 95.5 cm³/mol. The number of benzene rings is 1. The quantitative estimate of drug-likeness (QED) is 0.798. The minimum atomic E-state index is -0.714. The highest BCUT2D eigenvalue weighted by molar-refractivity contribution is 6.42. The maximum absolute atomic E-state index is 13.4. The third-order valence-corrected chi connectivity index (χ3v) is 5.71. The molecule has 2 unspecified atom stereocenters. The molecule has 0 spiro atoms. The smallest absolute Gasteiger partial charge is 0.227 e. The molecule has 24 heavy (non-hydrogen) atoms. The van der Waals surface area contributed by atoms with Crippen molar-refractivity contribution in [2.24, 2.45) is 0 Å². The second-order valence-electron chi connectivity index (χ2n) is 6.81. The van der Waals surface area contributed by atoms with Gasteiger partial charge in [-0.1, -0.05) is 29.3 Å². The standard InChI is InChI=1S/C18H23Cl2FN2O/c19-16-5-4-13(9-17(16)20)10-18(24)23-7-2-1-3-15(23)12-22-8-6-14(21)11-22/h4-5,9,14-15H,1-3,6-8,10-12H2. The molecule has 3 nitrogen and oxygen atoms in total. The summed E-state index contributed by atoms with van der Waals surface area (Å²) in [6.45, 7) is 2.88. The highest BCUT2D eigenvalue weighted by atomic mass is 35.5. The third kappa shape index (κ3) is 4.41. The molecule has 0 bridgehead atoms. The van der Waals surface area contributed by atoms with Crippen LogP contribution in [0.25, 0.3) is 0 Å². The van der Waals surface area contributed by atoms with Crippen LogP contribution in [0.4, 0.5) is 4.39 Å². The van der Waals surface area contributed by atoms with E-state index in [1.165, 1.54) is 0 Å². The Balaban J connectivity index is 1.63. The van der Waals surface area contributed by atoms with Crippen molar-refractivity contribution in [3.63, 3.8) is 0 Å². The van der Waals surface area contributed by atoms with Crippen LogP contribution in [0.3, 0.4) is 0 Å². The average molecular weight is 373 g/mol. The molecular formula is C18H23Cl2FN2O. The number of halogens is 3. The number of hydrogen-bond donors (Lipinski definition) is 0. The van der Waals surface area contributed by atoms with Crippen LogP contribution in [0.2, 0.25) is 10.0 Å². The summed E-state index contributed by atoms with van der Waals surface area (Å²) in [5.41, 5.74) is 0.878. The fraction of sp³-hybridized carbons (Fsp3) is 0.611. The molecule has 2 saturated heterocycles. The Bertz CT molecular complexity index is 598. The molecule has 2 heterocycles. The summed E-state index contributed by atoms with van der Waals surface area (Å²) >= 11 is 12.0. The highest BCUT2D eigenvalue weighted by Gasteiger charge is 2.31. The Morgan fingerprint density at radius 2 is 2.00 bits per heavy atom. The number of hydrogen-bond acceptors (Lipinski definition) is 2. The Morgan fingerprint density at radius 3 is 2.71 bits per heavy atom. The van der Waals surface area contributed by atoms with Crippen LogP contribution in [0.5, 0.6) is 0 Å². The first kappa shape index (κ1) is 18.0. The first-order valence-electron chi connectivity index (χ1n) is 8.63. The van der Waals surface area contributed by atoms with E-state index >= 15 is 0 Å². The van der Waals surface area contributed by atoms with Crippen molar-refractivity contribution in [2.45, 2.75) is 44.3 Å². The van der Waals surface area contributed by atoms with E-state index in [-0.39, 0.29) is 11.9 Å². The molecule has 0 saturated carbocycles. The first-order chi connectivity index (χ1) is 11.5. The van der Waals surface area contributed by atoms with Gasteiger partial charge < -0.3 is 4.90 Å². The van der Waals surface area contributed by atoms with Crippen molar-refractivity contribution in [3.05, 3.63) is 33.8 Å². The zero-order valence-corrected chi connectivity index (χ0v) is 15.2. The fourth-order valence-electron chi connectivity index (χ4n) is 3.69. The second-order valence-corrected chi connectivity index (χ2v) is 7.62. The minimum absolute atomic E-state index is 0.120.